The number of aliphatic hydroxyl groups excluding tert-OH is 1. The van der Waals surface area contributed by atoms with E-state index in [1.54, 1.807) is 11.8 Å². The van der Waals surface area contributed by atoms with Crippen LogP contribution in [0.2, 0.25) is 0 Å². The maximum atomic E-state index is 13.4. The third-order valence-corrected chi connectivity index (χ3v) is 14.3. The number of phosphoric acid groups is 3. The van der Waals surface area contributed by atoms with Crippen LogP contribution in [-0.4, -0.2) is 120 Å². The molecule has 2 aromatic rings. The molecule has 0 saturated carbocycles. The van der Waals surface area contributed by atoms with E-state index in [1.165, 1.54) is 22.1 Å². The Labute approximate surface area is 306 Å². The molecule has 23 nitrogen and oxygen atoms in total. The van der Waals surface area contributed by atoms with Crippen LogP contribution in [0.4, 0.5) is 10.6 Å². The summed E-state index contributed by atoms with van der Waals surface area (Å²) in [5.41, 5.74) is 6.33. The zero-order chi connectivity index (χ0) is 38.7. The molecule has 2 amide bonds. The average Bonchev–Trinajstić information content (AvgIpc) is 3.81. The lowest BCUT2D eigenvalue weighted by Gasteiger charge is -2.39. The summed E-state index contributed by atoms with van der Waals surface area (Å²) in [6, 6.07) is -1.96. The Morgan fingerprint density at radius 1 is 1.11 bits per heavy atom. The van der Waals surface area contributed by atoms with Crippen molar-refractivity contribution in [2.75, 3.05) is 18.0 Å². The largest absolute Gasteiger partial charge is 0.490 e. The number of rotatable bonds is 20. The number of hydrogen-bond donors (Lipinski definition) is 9. The van der Waals surface area contributed by atoms with E-state index in [2.05, 4.69) is 34.2 Å². The Morgan fingerprint density at radius 2 is 1.87 bits per heavy atom. The van der Waals surface area contributed by atoms with Crippen molar-refractivity contribution in [2.24, 2.45) is 0 Å². The molecule has 3 aliphatic rings. The maximum Gasteiger partial charge on any atom is 0.490 e. The number of fused-ring (bicyclic) bond motifs is 2. The third kappa shape index (κ3) is 10.7. The van der Waals surface area contributed by atoms with Gasteiger partial charge in [-0.2, -0.15) is 20.4 Å². The molecule has 10 N–H and O–H groups in total. The van der Waals surface area contributed by atoms with Crippen LogP contribution in [0.15, 0.2) is 12.7 Å². The number of urea groups is 1. The number of aliphatic carboxylic acids is 1. The third-order valence-electron chi connectivity index (χ3n) is 8.96. The zero-order valence-corrected chi connectivity index (χ0v) is 31.8. The van der Waals surface area contributed by atoms with Crippen LogP contribution in [0.5, 0.6) is 0 Å². The number of anilines is 1. The van der Waals surface area contributed by atoms with E-state index < -0.39 is 60.1 Å². The van der Waals surface area contributed by atoms with E-state index in [4.69, 9.17) is 24.8 Å². The predicted molar refractivity (Wildman–Crippen MR) is 185 cm³/mol. The number of hydrogen-bond acceptors (Lipinski definition) is 16. The van der Waals surface area contributed by atoms with Crippen molar-refractivity contribution in [3.8, 4) is 0 Å². The standard InChI is InChI=1S/C26H43N8O15P3S/c1-2-3-4-5-9-33(15(25(36)37)7-6-8-17-19-14(11-53-17)31-26(38)32-19)24(47-51(42,43)49-52(44,45)48-50(39,40)41)21-16(35)10-18(46-21)34-13-30-20-22(27)28-12-29-23(20)34/h12-19,21,24,35H,2-11H2,1H3,(H,36,37)(H,42,43)(H,44,45)(H2,27,28,29)(H2,31,32,38)(H2,39,40,41)/t14-,15?,16-,17-,18+,19-,21-,24?/m0/s1. The lowest BCUT2D eigenvalue weighted by Crippen LogP contribution is -2.55. The minimum atomic E-state index is -5.98. The molecule has 53 heavy (non-hydrogen) atoms. The number of carbonyl (C=O) groups excluding carboxylic acids is 1. The van der Waals surface area contributed by atoms with Crippen molar-refractivity contribution in [3.63, 3.8) is 0 Å². The van der Waals surface area contributed by atoms with Gasteiger partial charge in [-0.1, -0.05) is 32.6 Å². The fourth-order valence-electron chi connectivity index (χ4n) is 6.70. The molecule has 4 unspecified atom stereocenters. The van der Waals surface area contributed by atoms with Gasteiger partial charge >= 0.3 is 35.5 Å². The highest BCUT2D eigenvalue weighted by Gasteiger charge is 2.51. The Bertz CT molecular complexity index is 1770. The number of amides is 2. The van der Waals surface area contributed by atoms with E-state index in [-0.39, 0.29) is 59.7 Å². The molecule has 3 saturated heterocycles. The van der Waals surface area contributed by atoms with Gasteiger partial charge in [0, 0.05) is 24.0 Å². The second-order valence-corrected chi connectivity index (χ2v) is 18.4. The highest BCUT2D eigenvalue weighted by atomic mass is 32.2. The molecule has 5 rings (SSSR count). The van der Waals surface area contributed by atoms with Crippen molar-refractivity contribution in [1.82, 2.24) is 35.1 Å². The Balaban J connectivity index is 1.46. The number of nitrogens with one attached hydrogen (secondary N) is 2. The van der Waals surface area contributed by atoms with Crippen molar-refractivity contribution in [2.45, 2.75) is 106 Å². The molecule has 0 bridgehead atoms. The minimum Gasteiger partial charge on any atom is -0.480 e. The normalized spacial score (nSPS) is 27.9. The number of aliphatic hydroxyl groups is 1. The van der Waals surface area contributed by atoms with E-state index >= 15 is 0 Å². The molecule has 0 radical (unpaired) electrons. The quantitative estimate of drug-likeness (QED) is 0.0394. The lowest BCUT2D eigenvalue weighted by atomic mass is 10.00. The molecule has 0 aromatic carbocycles. The van der Waals surface area contributed by atoms with Gasteiger partial charge in [-0.25, -0.2) is 33.4 Å². The molecule has 3 aliphatic heterocycles. The minimum absolute atomic E-state index is 0.0270. The van der Waals surface area contributed by atoms with Gasteiger partial charge in [0.15, 0.2) is 17.7 Å². The summed E-state index contributed by atoms with van der Waals surface area (Å²) in [4.78, 5) is 77.0. The predicted octanol–water partition coefficient (Wildman–Crippen LogP) is 1.40. The number of phosphoric ester groups is 1. The summed E-state index contributed by atoms with van der Waals surface area (Å²) in [7, 11) is -17.6. The highest BCUT2D eigenvalue weighted by molar-refractivity contribution is 8.00. The number of nitrogens with two attached hydrogens (primary N) is 1. The summed E-state index contributed by atoms with van der Waals surface area (Å²) < 4.78 is 57.8. The fourth-order valence-corrected chi connectivity index (χ4v) is 11.4. The van der Waals surface area contributed by atoms with Gasteiger partial charge in [0.1, 0.15) is 30.2 Å². The van der Waals surface area contributed by atoms with E-state index in [1.807, 2.05) is 6.92 Å². The molecule has 298 valence electrons. The average molecular weight is 833 g/mol. The number of carboxylic acids is 1. The molecule has 10 atom stereocenters. The first-order chi connectivity index (χ1) is 24.9. The molecule has 0 spiro atoms. The molecular weight excluding hydrogens is 789 g/mol. The molecule has 3 fully saturated rings. The lowest BCUT2D eigenvalue weighted by molar-refractivity contribution is -0.165. The number of ether oxygens (including phenoxy) is 1. The zero-order valence-electron chi connectivity index (χ0n) is 28.3. The van der Waals surface area contributed by atoms with Crippen molar-refractivity contribution in [3.05, 3.63) is 12.7 Å². The van der Waals surface area contributed by atoms with Gasteiger partial charge in [0.2, 0.25) is 0 Å². The number of thioether (sulfide) groups is 1. The molecule has 5 heterocycles. The number of nitrogens with zero attached hydrogens (tertiary/aromatic N) is 5. The molecule has 0 aliphatic carbocycles. The number of carbonyl (C=O) groups is 2. The monoisotopic (exact) mass is 832 g/mol. The summed E-state index contributed by atoms with van der Waals surface area (Å²) >= 11 is 1.62. The van der Waals surface area contributed by atoms with Gasteiger partial charge in [0.05, 0.1) is 24.5 Å². The van der Waals surface area contributed by atoms with Crippen molar-refractivity contribution in [1.29, 1.82) is 0 Å². The van der Waals surface area contributed by atoms with Gasteiger partial charge in [-0.05, 0) is 19.3 Å². The van der Waals surface area contributed by atoms with Gasteiger partial charge < -0.3 is 50.9 Å². The van der Waals surface area contributed by atoms with Gasteiger partial charge in [-0.15, -0.1) is 0 Å². The first kappa shape index (κ1) is 41.9. The molecule has 27 heteroatoms. The second-order valence-electron chi connectivity index (χ2n) is 12.7. The van der Waals surface area contributed by atoms with Crippen LogP contribution < -0.4 is 16.4 Å². The van der Waals surface area contributed by atoms with E-state index in [0.29, 0.717) is 31.4 Å². The van der Waals surface area contributed by atoms with Crippen LogP contribution in [0.1, 0.15) is 64.5 Å². The first-order valence-corrected chi connectivity index (χ1v) is 22.2. The number of aromatic nitrogens is 4. The van der Waals surface area contributed by atoms with E-state index in [0.717, 1.165) is 12.8 Å². The summed E-state index contributed by atoms with van der Waals surface area (Å²) in [5, 5.41) is 27.7. The van der Waals surface area contributed by atoms with Crippen molar-refractivity contribution >= 4 is 64.2 Å². The van der Waals surface area contributed by atoms with Crippen LogP contribution in [0, 0.1) is 0 Å². The number of carboxylic acid groups (broad SMARTS) is 1. The Hall–Kier alpha value is -2.27. The van der Waals surface area contributed by atoms with Crippen LogP contribution in [0.25, 0.3) is 11.2 Å². The SMILES string of the molecule is CCCCCCN(C(CCC[C@@H]1SC[C@@H]2NC(=O)N[C@@H]21)C(=O)O)C(OP(=O)(O)OP(=O)(O)OP(=O)(O)O)[C@H]1O[C@@H](n2cnc3c(N)ncnc32)C[C@@H]1O. The van der Waals surface area contributed by atoms with E-state index in [9.17, 15) is 43.3 Å². The fraction of sp³-hybridized carbons (Fsp3) is 0.731. The maximum absolute atomic E-state index is 13.4. The van der Waals surface area contributed by atoms with Crippen LogP contribution in [-0.2, 0) is 36.4 Å². The molecular formula is C26H43N8O15P3S. The van der Waals surface area contributed by atoms with Gasteiger partial charge in [-0.3, -0.25) is 18.8 Å². The first-order valence-electron chi connectivity index (χ1n) is 16.6. The number of imidazole rings is 1. The van der Waals surface area contributed by atoms with Crippen molar-refractivity contribution < 1.29 is 71.0 Å². The number of unbranched alkanes of at least 4 members (excludes halogenated alkanes) is 3. The summed E-state index contributed by atoms with van der Waals surface area (Å²) in [5.74, 6) is -0.648. The van der Waals surface area contributed by atoms with Gasteiger partial charge in [0.25, 0.3) is 0 Å². The smallest absolute Gasteiger partial charge is 0.480 e. The Morgan fingerprint density at radius 3 is 2.57 bits per heavy atom. The topological polar surface area (TPSA) is 341 Å². The molecule has 2 aromatic heterocycles. The summed E-state index contributed by atoms with van der Waals surface area (Å²) in [6.07, 6.45) is -0.736. The van der Waals surface area contributed by atoms with Crippen LogP contribution >= 0.6 is 35.2 Å². The number of nitrogen functional groups attached to an aromatic ring is 1. The second kappa shape index (κ2) is 17.3. The van der Waals surface area contributed by atoms with Crippen LogP contribution in [0.3, 0.4) is 0 Å². The Kier molecular flexibility index (Phi) is 13.6. The summed E-state index contributed by atoms with van der Waals surface area (Å²) in [6.45, 7) is 1.85. The highest BCUT2D eigenvalue weighted by Crippen LogP contribution is 2.67.